The lowest BCUT2D eigenvalue weighted by Crippen LogP contribution is -2.37. The fourth-order valence-electron chi connectivity index (χ4n) is 3.12. The number of rotatable bonds is 4. The van der Waals surface area contributed by atoms with Crippen molar-refractivity contribution in [3.8, 4) is 0 Å². The van der Waals surface area contributed by atoms with Gasteiger partial charge < -0.3 is 15.3 Å². The Balaban J connectivity index is 1.59. The molecule has 3 rings (SSSR count). The molecule has 0 radical (unpaired) electrons. The number of hydrogen-bond acceptors (Lipinski definition) is 3. The number of carbonyl (C=O) groups excluding carboxylic acids is 2. The van der Waals surface area contributed by atoms with Gasteiger partial charge in [-0.1, -0.05) is 12.1 Å². The molecule has 0 bridgehead atoms. The van der Waals surface area contributed by atoms with E-state index < -0.39 is 5.60 Å². The van der Waals surface area contributed by atoms with Crippen molar-refractivity contribution in [2.24, 2.45) is 5.92 Å². The van der Waals surface area contributed by atoms with Gasteiger partial charge in [-0.25, -0.2) is 0 Å². The molecule has 1 unspecified atom stereocenters. The number of amides is 2. The summed E-state index contributed by atoms with van der Waals surface area (Å²) >= 11 is 0. The summed E-state index contributed by atoms with van der Waals surface area (Å²) in [5.41, 5.74) is 0.784. The molecule has 2 aliphatic rings. The van der Waals surface area contributed by atoms with E-state index in [4.69, 9.17) is 0 Å². The fraction of sp³-hybridized carbons (Fsp3) is 0.444. The zero-order valence-electron chi connectivity index (χ0n) is 13.3. The van der Waals surface area contributed by atoms with Crippen molar-refractivity contribution < 1.29 is 14.7 Å². The van der Waals surface area contributed by atoms with Gasteiger partial charge in [0.05, 0.1) is 12.1 Å². The zero-order chi connectivity index (χ0) is 16.4. The third-order valence-electron chi connectivity index (χ3n) is 4.75. The Bertz CT molecular complexity index is 634. The Morgan fingerprint density at radius 2 is 2.00 bits per heavy atom. The monoisotopic (exact) mass is 314 g/mol. The maximum absolute atomic E-state index is 12.2. The Kier molecular flexibility index (Phi) is 4.22. The van der Waals surface area contributed by atoms with E-state index in [-0.39, 0.29) is 11.8 Å². The minimum Gasteiger partial charge on any atom is -0.388 e. The van der Waals surface area contributed by atoms with E-state index in [1.165, 1.54) is 6.08 Å². The predicted octanol–water partition coefficient (Wildman–Crippen LogP) is 1.43. The van der Waals surface area contributed by atoms with Gasteiger partial charge in [0.2, 0.25) is 5.91 Å². The topological polar surface area (TPSA) is 69.6 Å². The standard InChI is InChI=1S/C18H22N2O3/c1-19-17(22)14-5-2-13(3-6-14)4-9-16(21)20-11-10-18(23,12-20)15-7-8-15/h2-6,9,15,23H,7-8,10-12H2,1H3,(H,19,22)/b9-4+. The van der Waals surface area contributed by atoms with Crippen LogP contribution in [0.4, 0.5) is 0 Å². The van der Waals surface area contributed by atoms with Gasteiger partial charge >= 0.3 is 0 Å². The van der Waals surface area contributed by atoms with E-state index in [0.29, 0.717) is 31.0 Å². The highest BCUT2D eigenvalue weighted by Crippen LogP contribution is 2.44. The molecule has 5 nitrogen and oxygen atoms in total. The molecule has 1 aliphatic carbocycles. The van der Waals surface area contributed by atoms with E-state index in [1.54, 1.807) is 42.3 Å². The average molecular weight is 314 g/mol. The zero-order valence-corrected chi connectivity index (χ0v) is 13.3. The molecule has 1 saturated heterocycles. The Morgan fingerprint density at radius 1 is 1.30 bits per heavy atom. The molecule has 1 aliphatic heterocycles. The largest absolute Gasteiger partial charge is 0.388 e. The van der Waals surface area contributed by atoms with Crippen molar-refractivity contribution in [3.05, 3.63) is 41.5 Å². The first-order valence-electron chi connectivity index (χ1n) is 8.03. The molecule has 1 saturated carbocycles. The Labute approximate surface area is 136 Å². The Morgan fingerprint density at radius 3 is 2.61 bits per heavy atom. The molecule has 1 heterocycles. The van der Waals surface area contributed by atoms with Gasteiger partial charge in [-0.3, -0.25) is 9.59 Å². The van der Waals surface area contributed by atoms with Crippen LogP contribution in [0.25, 0.3) is 6.08 Å². The van der Waals surface area contributed by atoms with Crippen LogP contribution in [0.3, 0.4) is 0 Å². The summed E-state index contributed by atoms with van der Waals surface area (Å²) in [4.78, 5) is 25.4. The van der Waals surface area contributed by atoms with Crippen molar-refractivity contribution in [1.29, 1.82) is 0 Å². The van der Waals surface area contributed by atoms with Crippen LogP contribution in [-0.4, -0.2) is 47.6 Å². The number of nitrogens with one attached hydrogen (secondary N) is 1. The molecule has 1 aromatic rings. The van der Waals surface area contributed by atoms with Gasteiger partial charge in [0.1, 0.15) is 0 Å². The normalized spacial score (nSPS) is 24.2. The molecule has 2 fully saturated rings. The van der Waals surface area contributed by atoms with Crippen molar-refractivity contribution in [2.75, 3.05) is 20.1 Å². The highest BCUT2D eigenvalue weighted by Gasteiger charge is 2.48. The van der Waals surface area contributed by atoms with Gasteiger partial charge in [0, 0.05) is 25.2 Å². The summed E-state index contributed by atoms with van der Waals surface area (Å²) in [7, 11) is 1.59. The van der Waals surface area contributed by atoms with Crippen molar-refractivity contribution in [3.63, 3.8) is 0 Å². The van der Waals surface area contributed by atoms with Crippen molar-refractivity contribution >= 4 is 17.9 Å². The summed E-state index contributed by atoms with van der Waals surface area (Å²) in [6, 6.07) is 7.06. The van der Waals surface area contributed by atoms with Crippen LogP contribution in [0.1, 0.15) is 35.2 Å². The SMILES string of the molecule is CNC(=O)c1ccc(/C=C/C(=O)N2CCC(O)(C3CC3)C2)cc1. The number of benzene rings is 1. The molecule has 0 spiro atoms. The second-order valence-corrected chi connectivity index (χ2v) is 6.42. The molecule has 1 atom stereocenters. The Hall–Kier alpha value is -2.14. The summed E-state index contributed by atoms with van der Waals surface area (Å²) in [6.07, 6.45) is 6.11. The second-order valence-electron chi connectivity index (χ2n) is 6.42. The first-order chi connectivity index (χ1) is 11.0. The van der Waals surface area contributed by atoms with Gasteiger partial charge in [0.25, 0.3) is 5.91 Å². The number of carbonyl (C=O) groups is 2. The average Bonchev–Trinajstić information content (AvgIpc) is 3.36. The van der Waals surface area contributed by atoms with E-state index in [2.05, 4.69) is 5.32 Å². The van der Waals surface area contributed by atoms with E-state index in [1.807, 2.05) is 0 Å². The quantitative estimate of drug-likeness (QED) is 0.826. The maximum atomic E-state index is 12.2. The highest BCUT2D eigenvalue weighted by atomic mass is 16.3. The molecule has 0 aromatic heterocycles. The number of nitrogens with zero attached hydrogens (tertiary/aromatic N) is 1. The fourth-order valence-corrected chi connectivity index (χ4v) is 3.12. The molecular weight excluding hydrogens is 292 g/mol. The smallest absolute Gasteiger partial charge is 0.251 e. The molecule has 2 N–H and O–H groups in total. The van der Waals surface area contributed by atoms with Crippen LogP contribution >= 0.6 is 0 Å². The molecule has 1 aromatic carbocycles. The van der Waals surface area contributed by atoms with Gasteiger partial charge in [-0.05, 0) is 49.0 Å². The number of aliphatic hydroxyl groups is 1. The number of β-amino-alcohol motifs (C(OH)–C–C–N with tert-alkyl or cyclic N) is 1. The lowest BCUT2D eigenvalue weighted by molar-refractivity contribution is -0.126. The minimum absolute atomic E-state index is 0.0723. The summed E-state index contributed by atoms with van der Waals surface area (Å²) in [6.45, 7) is 1.06. The second kappa shape index (κ2) is 6.16. The third-order valence-corrected chi connectivity index (χ3v) is 4.75. The minimum atomic E-state index is -0.668. The predicted molar refractivity (Wildman–Crippen MR) is 87.7 cm³/mol. The van der Waals surface area contributed by atoms with Crippen LogP contribution in [0.15, 0.2) is 30.3 Å². The van der Waals surface area contributed by atoms with Crippen LogP contribution in [0.5, 0.6) is 0 Å². The summed E-state index contributed by atoms with van der Waals surface area (Å²) in [5, 5.41) is 13.1. The van der Waals surface area contributed by atoms with E-state index in [9.17, 15) is 14.7 Å². The summed E-state index contributed by atoms with van der Waals surface area (Å²) < 4.78 is 0. The lowest BCUT2D eigenvalue weighted by Gasteiger charge is -2.22. The van der Waals surface area contributed by atoms with Crippen LogP contribution in [0, 0.1) is 5.92 Å². The van der Waals surface area contributed by atoms with Crippen LogP contribution in [-0.2, 0) is 4.79 Å². The molecule has 23 heavy (non-hydrogen) atoms. The molecule has 122 valence electrons. The molecule has 2 amide bonds. The van der Waals surface area contributed by atoms with Crippen molar-refractivity contribution in [2.45, 2.75) is 24.9 Å². The number of hydrogen-bond donors (Lipinski definition) is 2. The third kappa shape index (κ3) is 3.45. The van der Waals surface area contributed by atoms with Crippen LogP contribution < -0.4 is 5.32 Å². The van der Waals surface area contributed by atoms with Crippen molar-refractivity contribution in [1.82, 2.24) is 10.2 Å². The first kappa shape index (κ1) is 15.7. The lowest BCUT2D eigenvalue weighted by atomic mass is 9.97. The summed E-state index contributed by atoms with van der Waals surface area (Å²) in [5.74, 6) is 0.173. The van der Waals surface area contributed by atoms with Gasteiger partial charge in [-0.2, -0.15) is 0 Å². The van der Waals surface area contributed by atoms with E-state index in [0.717, 1.165) is 18.4 Å². The van der Waals surface area contributed by atoms with E-state index >= 15 is 0 Å². The number of likely N-dealkylation sites (tertiary alicyclic amines) is 1. The maximum Gasteiger partial charge on any atom is 0.251 e. The first-order valence-corrected chi connectivity index (χ1v) is 8.03. The highest BCUT2D eigenvalue weighted by molar-refractivity contribution is 5.95. The van der Waals surface area contributed by atoms with Gasteiger partial charge in [-0.15, -0.1) is 0 Å². The molecular formula is C18H22N2O3. The molecule has 5 heteroatoms. The van der Waals surface area contributed by atoms with Gasteiger partial charge in [0.15, 0.2) is 0 Å². The van der Waals surface area contributed by atoms with Crippen LogP contribution in [0.2, 0.25) is 0 Å².